The topological polar surface area (TPSA) is 57.6 Å². The molecule has 4 heteroatoms. The van der Waals surface area contributed by atoms with Gasteiger partial charge in [-0.1, -0.05) is 13.8 Å². The summed E-state index contributed by atoms with van der Waals surface area (Å²) >= 11 is 0. The Morgan fingerprint density at radius 3 is 2.39 bits per heavy atom. The van der Waals surface area contributed by atoms with E-state index in [1.165, 1.54) is 12.1 Å². The van der Waals surface area contributed by atoms with Crippen LogP contribution in [0, 0.1) is 11.8 Å². The van der Waals surface area contributed by atoms with E-state index in [2.05, 4.69) is 13.8 Å². The molecule has 0 spiro atoms. The van der Waals surface area contributed by atoms with Crippen molar-refractivity contribution in [1.29, 1.82) is 0 Å². The van der Waals surface area contributed by atoms with Gasteiger partial charge in [0.05, 0.1) is 5.56 Å². The average molecular weight is 247 g/mol. The molecule has 0 bridgehead atoms. The van der Waals surface area contributed by atoms with Gasteiger partial charge in [0.25, 0.3) is 0 Å². The molecule has 96 valence electrons. The van der Waals surface area contributed by atoms with Crippen LogP contribution in [0.5, 0.6) is 0 Å². The van der Waals surface area contributed by atoms with Gasteiger partial charge in [0.15, 0.2) is 0 Å². The number of carboxylic acid groups (broad SMARTS) is 1. The monoisotopic (exact) mass is 247 g/mol. The minimum Gasteiger partial charge on any atom is -0.478 e. The van der Waals surface area contributed by atoms with Crippen molar-refractivity contribution in [3.05, 3.63) is 29.8 Å². The van der Waals surface area contributed by atoms with Gasteiger partial charge in [0, 0.05) is 18.2 Å². The summed E-state index contributed by atoms with van der Waals surface area (Å²) in [4.78, 5) is 24.7. The molecule has 1 unspecified atom stereocenters. The number of carboxylic acids is 1. The first-order valence-corrected chi connectivity index (χ1v) is 6.15. The zero-order valence-electron chi connectivity index (χ0n) is 10.6. The number of rotatable bonds is 3. The van der Waals surface area contributed by atoms with E-state index in [9.17, 15) is 9.59 Å². The molecule has 0 aromatic heterocycles. The fraction of sp³-hybridized carbons (Fsp3) is 0.429. The molecule has 1 aromatic carbocycles. The lowest BCUT2D eigenvalue weighted by molar-refractivity contribution is -0.121. The Morgan fingerprint density at radius 2 is 1.94 bits per heavy atom. The predicted molar refractivity (Wildman–Crippen MR) is 68.7 cm³/mol. The molecule has 1 atom stereocenters. The van der Waals surface area contributed by atoms with Crippen LogP contribution in [0.15, 0.2) is 24.3 Å². The van der Waals surface area contributed by atoms with Gasteiger partial charge in [-0.2, -0.15) is 0 Å². The van der Waals surface area contributed by atoms with Crippen molar-refractivity contribution in [3.8, 4) is 0 Å². The molecular weight excluding hydrogens is 230 g/mol. The van der Waals surface area contributed by atoms with Gasteiger partial charge in [-0.3, -0.25) is 4.79 Å². The number of anilines is 1. The quantitative estimate of drug-likeness (QED) is 0.892. The molecule has 1 aliphatic rings. The van der Waals surface area contributed by atoms with E-state index < -0.39 is 5.97 Å². The molecule has 4 nitrogen and oxygen atoms in total. The summed E-state index contributed by atoms with van der Waals surface area (Å²) in [5.41, 5.74) is 1.03. The van der Waals surface area contributed by atoms with E-state index in [4.69, 9.17) is 5.11 Å². The van der Waals surface area contributed by atoms with Crippen molar-refractivity contribution < 1.29 is 14.7 Å². The van der Waals surface area contributed by atoms with Crippen molar-refractivity contribution in [2.45, 2.75) is 20.3 Å². The standard InChI is InChI=1S/C14H17NO3/c1-9(2)12-7-8-15(13(12)16)11-5-3-10(4-6-11)14(17)18/h3-6,9,12H,7-8H2,1-2H3,(H,17,18). The van der Waals surface area contributed by atoms with E-state index in [1.807, 2.05) is 0 Å². The Labute approximate surface area is 106 Å². The fourth-order valence-electron chi connectivity index (χ4n) is 2.36. The first-order chi connectivity index (χ1) is 8.50. The molecule has 1 amide bonds. The molecule has 0 radical (unpaired) electrons. The van der Waals surface area contributed by atoms with Crippen LogP contribution < -0.4 is 4.90 Å². The first kappa shape index (κ1) is 12.6. The molecule has 1 saturated heterocycles. The van der Waals surface area contributed by atoms with Crippen LogP contribution in [-0.2, 0) is 4.79 Å². The number of benzene rings is 1. The zero-order chi connectivity index (χ0) is 13.3. The summed E-state index contributed by atoms with van der Waals surface area (Å²) in [5, 5.41) is 8.83. The van der Waals surface area contributed by atoms with E-state index in [-0.39, 0.29) is 17.4 Å². The van der Waals surface area contributed by atoms with Gasteiger partial charge >= 0.3 is 5.97 Å². The summed E-state index contributed by atoms with van der Waals surface area (Å²) in [6.07, 6.45) is 0.872. The number of hydrogen-bond acceptors (Lipinski definition) is 2. The lowest BCUT2D eigenvalue weighted by atomic mass is 9.95. The number of nitrogens with zero attached hydrogens (tertiary/aromatic N) is 1. The summed E-state index contributed by atoms with van der Waals surface area (Å²) in [7, 11) is 0. The van der Waals surface area contributed by atoms with Gasteiger partial charge in [-0.05, 0) is 36.6 Å². The summed E-state index contributed by atoms with van der Waals surface area (Å²) in [6.45, 7) is 4.83. The van der Waals surface area contributed by atoms with Gasteiger partial charge < -0.3 is 10.0 Å². The molecule has 1 fully saturated rings. The molecule has 2 rings (SSSR count). The molecule has 1 N–H and O–H groups in total. The van der Waals surface area contributed by atoms with Crippen LogP contribution in [0.1, 0.15) is 30.6 Å². The Balaban J connectivity index is 2.18. The molecule has 0 aliphatic carbocycles. The van der Waals surface area contributed by atoms with E-state index in [0.717, 1.165) is 12.1 Å². The zero-order valence-corrected chi connectivity index (χ0v) is 10.6. The highest BCUT2D eigenvalue weighted by Gasteiger charge is 2.34. The van der Waals surface area contributed by atoms with Gasteiger partial charge in [0.2, 0.25) is 5.91 Å². The third kappa shape index (κ3) is 2.23. The Morgan fingerprint density at radius 1 is 1.33 bits per heavy atom. The lowest BCUT2D eigenvalue weighted by Gasteiger charge is -2.18. The number of carbonyl (C=O) groups excluding carboxylic acids is 1. The highest BCUT2D eigenvalue weighted by Crippen LogP contribution is 2.29. The first-order valence-electron chi connectivity index (χ1n) is 6.15. The van der Waals surface area contributed by atoms with Crippen LogP contribution in [0.3, 0.4) is 0 Å². The Bertz CT molecular complexity index is 464. The van der Waals surface area contributed by atoms with Gasteiger partial charge in [-0.25, -0.2) is 4.79 Å². The number of hydrogen-bond donors (Lipinski definition) is 1. The SMILES string of the molecule is CC(C)C1CCN(c2ccc(C(=O)O)cc2)C1=O. The lowest BCUT2D eigenvalue weighted by Crippen LogP contribution is -2.28. The van der Waals surface area contributed by atoms with Crippen LogP contribution in [0.2, 0.25) is 0 Å². The second kappa shape index (κ2) is 4.80. The molecular formula is C14H17NO3. The minimum atomic E-state index is -0.950. The van der Waals surface area contributed by atoms with Crippen molar-refractivity contribution in [2.75, 3.05) is 11.4 Å². The third-order valence-corrected chi connectivity index (χ3v) is 3.48. The van der Waals surface area contributed by atoms with E-state index in [1.54, 1.807) is 17.0 Å². The summed E-state index contributed by atoms with van der Waals surface area (Å²) in [5.74, 6) is -0.368. The molecule has 1 heterocycles. The van der Waals surface area contributed by atoms with Crippen LogP contribution >= 0.6 is 0 Å². The summed E-state index contributed by atoms with van der Waals surface area (Å²) in [6, 6.07) is 6.47. The van der Waals surface area contributed by atoms with Crippen molar-refractivity contribution in [2.24, 2.45) is 11.8 Å². The third-order valence-electron chi connectivity index (χ3n) is 3.48. The van der Waals surface area contributed by atoms with Crippen LogP contribution in [0.25, 0.3) is 0 Å². The maximum Gasteiger partial charge on any atom is 0.335 e. The van der Waals surface area contributed by atoms with E-state index >= 15 is 0 Å². The fourth-order valence-corrected chi connectivity index (χ4v) is 2.36. The highest BCUT2D eigenvalue weighted by molar-refractivity contribution is 5.97. The highest BCUT2D eigenvalue weighted by atomic mass is 16.4. The van der Waals surface area contributed by atoms with Crippen LogP contribution in [0.4, 0.5) is 5.69 Å². The number of amides is 1. The molecule has 1 aliphatic heterocycles. The largest absolute Gasteiger partial charge is 0.478 e. The summed E-state index contributed by atoms with van der Waals surface area (Å²) < 4.78 is 0. The van der Waals surface area contributed by atoms with Gasteiger partial charge in [-0.15, -0.1) is 0 Å². The molecule has 1 aromatic rings. The predicted octanol–water partition coefficient (Wildman–Crippen LogP) is 2.39. The second-order valence-electron chi connectivity index (χ2n) is 4.98. The maximum absolute atomic E-state index is 12.2. The van der Waals surface area contributed by atoms with Gasteiger partial charge in [0.1, 0.15) is 0 Å². The number of carbonyl (C=O) groups is 2. The van der Waals surface area contributed by atoms with Crippen LogP contribution in [-0.4, -0.2) is 23.5 Å². The van der Waals surface area contributed by atoms with Crippen molar-refractivity contribution in [3.63, 3.8) is 0 Å². The Hall–Kier alpha value is -1.84. The molecule has 0 saturated carbocycles. The number of aromatic carboxylic acids is 1. The van der Waals surface area contributed by atoms with E-state index in [0.29, 0.717) is 12.5 Å². The normalized spacial score (nSPS) is 19.6. The smallest absolute Gasteiger partial charge is 0.335 e. The van der Waals surface area contributed by atoms with Crippen molar-refractivity contribution in [1.82, 2.24) is 0 Å². The Kier molecular flexibility index (Phi) is 3.36. The second-order valence-corrected chi connectivity index (χ2v) is 4.98. The molecule has 18 heavy (non-hydrogen) atoms. The minimum absolute atomic E-state index is 0.0872. The van der Waals surface area contributed by atoms with Crippen molar-refractivity contribution >= 4 is 17.6 Å². The average Bonchev–Trinajstić information content (AvgIpc) is 2.71. The maximum atomic E-state index is 12.2.